The van der Waals surface area contributed by atoms with Gasteiger partial charge in [-0.05, 0) is 94.7 Å². The third-order valence-corrected chi connectivity index (χ3v) is 16.3. The van der Waals surface area contributed by atoms with Gasteiger partial charge in [-0.1, -0.05) is 52.7 Å². The van der Waals surface area contributed by atoms with Gasteiger partial charge in [0, 0.05) is 42.9 Å². The third kappa shape index (κ3) is 10.1. The van der Waals surface area contributed by atoms with Crippen molar-refractivity contribution in [2.24, 2.45) is 11.3 Å². The number of aliphatic hydroxyl groups excluding tert-OH is 1. The zero-order valence-electron chi connectivity index (χ0n) is 38.8. The molecule has 0 radical (unpaired) electrons. The topological polar surface area (TPSA) is 198 Å². The van der Waals surface area contributed by atoms with Gasteiger partial charge in [-0.3, -0.25) is 19.2 Å². The maximum Gasteiger partial charge on any atom is 0.407 e. The van der Waals surface area contributed by atoms with Crippen LogP contribution in [0, 0.1) is 11.3 Å². The van der Waals surface area contributed by atoms with Gasteiger partial charge in [-0.15, -0.1) is 0 Å². The molecule has 3 amide bonds. The summed E-state index contributed by atoms with van der Waals surface area (Å²) in [4.78, 5) is 51.5. The number of benzene rings is 1. The maximum absolute atomic E-state index is 15.0. The standard InChI is InChI=1S/C48H68N6O10S/c1-6-36-40-34(35-28-33(14-15-37(35)49-36)62-27-24-53-22-25-61-26-23-53)17-18-47(64-40)29-39-41(55)51-48(43(57)52-65(59,60)46(5)20-21-46)19-16-32(48)12-10-8-7-9-11-13-38(42(56)54(39)30-47)50-44(58)63-31-45(2,3)4/h10,12,14-15,28,32,38,51,55H,6-9,11,13,16-27,29-31H2,1-5H3,(H,50,58)(H,52,57)/b12-10-,41-39+/t32-,38+,47-,48-/m1/s1. The van der Waals surface area contributed by atoms with Gasteiger partial charge in [-0.25, -0.2) is 18.2 Å². The molecule has 1 spiro atoms. The van der Waals surface area contributed by atoms with Gasteiger partial charge in [0.2, 0.25) is 21.8 Å². The van der Waals surface area contributed by atoms with Crippen molar-refractivity contribution in [1.82, 2.24) is 30.1 Å². The minimum atomic E-state index is -4.01. The lowest BCUT2D eigenvalue weighted by atomic mass is 9.65. The summed E-state index contributed by atoms with van der Waals surface area (Å²) in [5, 5.41) is 19.3. The number of pyridine rings is 1. The summed E-state index contributed by atoms with van der Waals surface area (Å²) in [5.41, 5.74) is -0.0276. The van der Waals surface area contributed by atoms with Gasteiger partial charge in [-0.2, -0.15) is 0 Å². The molecule has 4 N–H and O–H groups in total. The van der Waals surface area contributed by atoms with Crippen molar-refractivity contribution in [3.05, 3.63) is 53.2 Å². The minimum Gasteiger partial charge on any atom is -0.494 e. The molecule has 16 nitrogen and oxygen atoms in total. The number of alkyl carbamates (subject to hydrolysis) is 1. The summed E-state index contributed by atoms with van der Waals surface area (Å²) in [6.07, 6.45) is 9.96. The lowest BCUT2D eigenvalue weighted by Crippen LogP contribution is -2.67. The average molecular weight is 921 g/mol. The Balaban J connectivity index is 1.14. The highest BCUT2D eigenvalue weighted by molar-refractivity contribution is 7.91. The predicted octanol–water partition coefficient (Wildman–Crippen LogP) is 5.93. The van der Waals surface area contributed by atoms with E-state index in [0.717, 1.165) is 73.6 Å². The fraction of sp³-hybridized carbons (Fsp3) is 0.667. The Hall–Kier alpha value is -4.61. The van der Waals surface area contributed by atoms with Gasteiger partial charge in [0.25, 0.3) is 5.91 Å². The summed E-state index contributed by atoms with van der Waals surface area (Å²) < 4.78 is 52.7. The molecule has 4 atom stereocenters. The Labute approximate surface area is 383 Å². The van der Waals surface area contributed by atoms with Crippen LogP contribution in [0.3, 0.4) is 0 Å². The largest absolute Gasteiger partial charge is 0.494 e. The number of aryl methyl sites for hydroxylation is 2. The molecule has 17 heteroatoms. The lowest BCUT2D eigenvalue weighted by Gasteiger charge is -2.47. The highest BCUT2D eigenvalue weighted by atomic mass is 32.2. The summed E-state index contributed by atoms with van der Waals surface area (Å²) in [6, 6.07) is 4.96. The molecule has 5 heterocycles. The van der Waals surface area contributed by atoms with Gasteiger partial charge < -0.3 is 39.6 Å². The van der Waals surface area contributed by atoms with E-state index in [4.69, 9.17) is 23.9 Å². The van der Waals surface area contributed by atoms with Crippen molar-refractivity contribution in [3.8, 4) is 11.5 Å². The van der Waals surface area contributed by atoms with Crippen LogP contribution in [0.1, 0.15) is 117 Å². The van der Waals surface area contributed by atoms with Crippen molar-refractivity contribution in [2.45, 2.75) is 140 Å². The van der Waals surface area contributed by atoms with E-state index in [0.29, 0.717) is 70.1 Å². The number of amides is 3. The van der Waals surface area contributed by atoms with Gasteiger partial charge in [0.1, 0.15) is 35.3 Å². The Morgan fingerprint density at radius 2 is 1.86 bits per heavy atom. The first-order valence-corrected chi connectivity index (χ1v) is 25.2. The molecule has 2 aliphatic carbocycles. The molecule has 1 aromatic heterocycles. The minimum absolute atomic E-state index is 0.0444. The van der Waals surface area contributed by atoms with Crippen molar-refractivity contribution in [2.75, 3.05) is 52.6 Å². The predicted molar refractivity (Wildman–Crippen MR) is 245 cm³/mol. The summed E-state index contributed by atoms with van der Waals surface area (Å²) in [7, 11) is -4.01. The number of hydrogen-bond donors (Lipinski definition) is 4. The molecule has 2 saturated carbocycles. The van der Waals surface area contributed by atoms with E-state index in [1.54, 1.807) is 6.92 Å². The number of rotatable bonds is 10. The van der Waals surface area contributed by atoms with Crippen LogP contribution in [-0.4, -0.2) is 121 Å². The molecular weight excluding hydrogens is 853 g/mol. The van der Waals surface area contributed by atoms with E-state index in [9.17, 15) is 23.1 Å². The lowest BCUT2D eigenvalue weighted by molar-refractivity contribution is -0.132. The number of allylic oxidation sites excluding steroid dienone is 1. The summed E-state index contributed by atoms with van der Waals surface area (Å²) in [5.74, 6) is -0.658. The van der Waals surface area contributed by atoms with Crippen molar-refractivity contribution < 1.29 is 46.9 Å². The van der Waals surface area contributed by atoms with Crippen molar-refractivity contribution in [1.29, 1.82) is 0 Å². The Morgan fingerprint density at radius 1 is 1.08 bits per heavy atom. The average Bonchev–Trinajstić information content (AvgIpc) is 3.94. The van der Waals surface area contributed by atoms with Crippen molar-refractivity contribution in [3.63, 3.8) is 0 Å². The van der Waals surface area contributed by atoms with E-state index in [1.807, 2.05) is 58.0 Å². The molecule has 2 aromatic rings. The molecular formula is C48H68N6O10S. The second-order valence-electron chi connectivity index (χ2n) is 20.4. The van der Waals surface area contributed by atoms with E-state index < -0.39 is 61.7 Å². The number of nitrogens with one attached hydrogen (secondary N) is 3. The summed E-state index contributed by atoms with van der Waals surface area (Å²) in [6.45, 7) is 14.2. The monoisotopic (exact) mass is 920 g/mol. The second-order valence-corrected chi connectivity index (χ2v) is 22.6. The fourth-order valence-corrected chi connectivity index (χ4v) is 11.0. The molecule has 1 aromatic carbocycles. The zero-order valence-corrected chi connectivity index (χ0v) is 39.6. The zero-order chi connectivity index (χ0) is 46.2. The Kier molecular flexibility index (Phi) is 13.4. The molecule has 0 bridgehead atoms. The molecule has 6 aliphatic rings. The summed E-state index contributed by atoms with van der Waals surface area (Å²) >= 11 is 0. The number of hydrogen-bond acceptors (Lipinski definition) is 13. The molecule has 8 rings (SSSR count). The number of sulfonamides is 1. The molecule has 4 aliphatic heterocycles. The maximum atomic E-state index is 15.0. The van der Waals surface area contributed by atoms with Crippen molar-refractivity contribution >= 4 is 38.8 Å². The van der Waals surface area contributed by atoms with Gasteiger partial charge >= 0.3 is 6.09 Å². The van der Waals surface area contributed by atoms with E-state index in [1.165, 1.54) is 4.90 Å². The van der Waals surface area contributed by atoms with Crippen LogP contribution in [0.25, 0.3) is 10.9 Å². The first kappa shape index (κ1) is 46.9. The van der Waals surface area contributed by atoms with Crippen LogP contribution < -0.4 is 24.8 Å². The molecule has 2 saturated heterocycles. The van der Waals surface area contributed by atoms with Crippen LogP contribution in [-0.2, 0) is 41.9 Å². The number of fused-ring (bicyclic) bond motifs is 5. The van der Waals surface area contributed by atoms with Crippen LogP contribution >= 0.6 is 0 Å². The number of carbonyl (C=O) groups excluding carboxylic acids is 3. The third-order valence-electron chi connectivity index (χ3n) is 14.2. The van der Waals surface area contributed by atoms with E-state index in [-0.39, 0.29) is 37.1 Å². The first-order valence-electron chi connectivity index (χ1n) is 23.7. The SMILES string of the molecule is CCc1nc2ccc(OCCN3CCOCC3)cc2c2c1O[C@]1(CC2)C/C2=C(\O)N[C@]3(C(=O)NS(=O)(=O)C4(C)CC4)CC[C@H]3/C=C\CCCCC[C@H](NC(=O)OCC(C)(C)C)C(=O)N2C1. The molecule has 65 heavy (non-hydrogen) atoms. The van der Waals surface area contributed by atoms with Gasteiger partial charge in [0.15, 0.2) is 0 Å². The number of aromatic nitrogens is 1. The highest BCUT2D eigenvalue weighted by Crippen LogP contribution is 2.48. The number of ether oxygens (including phenoxy) is 4. The van der Waals surface area contributed by atoms with Crippen LogP contribution in [0.4, 0.5) is 4.79 Å². The smallest absolute Gasteiger partial charge is 0.407 e. The van der Waals surface area contributed by atoms with Crippen LogP contribution in [0.2, 0.25) is 0 Å². The quantitative estimate of drug-likeness (QED) is 0.205. The fourth-order valence-electron chi connectivity index (χ4n) is 9.66. The number of carbonyl (C=O) groups is 3. The number of aliphatic hydroxyl groups is 1. The number of nitrogens with zero attached hydrogens (tertiary/aromatic N) is 3. The van der Waals surface area contributed by atoms with Gasteiger partial charge in [0.05, 0.1) is 48.0 Å². The highest BCUT2D eigenvalue weighted by Gasteiger charge is 2.58. The molecule has 356 valence electrons. The molecule has 0 unspecified atom stereocenters. The molecule has 4 fully saturated rings. The van der Waals surface area contributed by atoms with Crippen LogP contribution in [0.5, 0.6) is 11.5 Å². The normalized spacial score (nSPS) is 28.8. The van der Waals surface area contributed by atoms with E-state index in [2.05, 4.69) is 20.3 Å². The Morgan fingerprint density at radius 3 is 2.57 bits per heavy atom. The Bertz CT molecular complexity index is 2320. The van der Waals surface area contributed by atoms with Crippen LogP contribution in [0.15, 0.2) is 41.9 Å². The van der Waals surface area contributed by atoms with E-state index >= 15 is 4.79 Å². The number of morpholine rings is 1. The first-order chi connectivity index (χ1) is 30.9. The second kappa shape index (κ2) is 18.6.